The summed E-state index contributed by atoms with van der Waals surface area (Å²) in [5, 5.41) is 0.312. The third kappa shape index (κ3) is 2.80. The number of halogens is 1. The maximum atomic E-state index is 11.1. The van der Waals surface area contributed by atoms with Gasteiger partial charge in [-0.25, -0.2) is 13.4 Å². The molecule has 1 aromatic carbocycles. The number of rotatable bonds is 3. The van der Waals surface area contributed by atoms with Gasteiger partial charge in [-0.2, -0.15) is 0 Å². The highest BCUT2D eigenvalue weighted by Crippen LogP contribution is 2.37. The summed E-state index contributed by atoms with van der Waals surface area (Å²) in [6, 6.07) is 8.31. The van der Waals surface area contributed by atoms with Gasteiger partial charge in [0.25, 0.3) is 9.05 Å². The van der Waals surface area contributed by atoms with Crippen molar-refractivity contribution in [3.8, 4) is 0 Å². The van der Waals surface area contributed by atoms with Gasteiger partial charge >= 0.3 is 0 Å². The summed E-state index contributed by atoms with van der Waals surface area (Å²) in [4.78, 5) is 5.12. The molecular weight excluding hydrogens is 304 g/mol. The monoisotopic (exact) mass is 314 g/mol. The van der Waals surface area contributed by atoms with Gasteiger partial charge in [-0.3, -0.25) is 0 Å². The molecule has 0 N–H and O–H groups in total. The fraction of sp³-hybridized carbons (Fsp3) is 0.250. The number of nitrogens with zero attached hydrogens (tertiary/aromatic N) is 2. The van der Waals surface area contributed by atoms with Crippen LogP contribution >= 0.6 is 22.4 Å². The summed E-state index contributed by atoms with van der Waals surface area (Å²) >= 11 is 1.82. The van der Waals surface area contributed by atoms with Gasteiger partial charge in [-0.15, -0.1) is 11.8 Å². The predicted octanol–water partition coefficient (Wildman–Crippen LogP) is 2.53. The van der Waals surface area contributed by atoms with Crippen molar-refractivity contribution in [1.29, 1.82) is 0 Å². The summed E-state index contributed by atoms with van der Waals surface area (Å²) in [5.74, 6) is 0. The van der Waals surface area contributed by atoms with E-state index in [4.69, 9.17) is 10.7 Å². The highest BCUT2D eigenvalue weighted by molar-refractivity contribution is 8.13. The minimum atomic E-state index is -3.74. The third-order valence-electron chi connectivity index (χ3n) is 2.99. The number of thioether (sulfide) groups is 1. The van der Waals surface area contributed by atoms with E-state index in [1.54, 1.807) is 4.57 Å². The van der Waals surface area contributed by atoms with E-state index < -0.39 is 9.05 Å². The second-order valence-corrected chi connectivity index (χ2v) is 8.25. The maximum Gasteiger partial charge on any atom is 0.280 e. The number of hydrogen-bond donors (Lipinski definition) is 0. The van der Waals surface area contributed by atoms with Crippen molar-refractivity contribution < 1.29 is 8.42 Å². The highest BCUT2D eigenvalue weighted by atomic mass is 35.7. The molecule has 1 aliphatic rings. The van der Waals surface area contributed by atoms with Crippen molar-refractivity contribution in [2.45, 2.75) is 28.1 Å². The van der Waals surface area contributed by atoms with Crippen LogP contribution in [0.3, 0.4) is 0 Å². The Morgan fingerprint density at radius 2 is 2.21 bits per heavy atom. The van der Waals surface area contributed by atoms with E-state index in [2.05, 4.69) is 17.1 Å². The minimum absolute atomic E-state index is 0.0883. The lowest BCUT2D eigenvalue weighted by atomic mass is 10.1. The molecule has 4 nitrogen and oxygen atoms in total. The Balaban J connectivity index is 1.73. The molecule has 2 heterocycles. The van der Waals surface area contributed by atoms with Crippen LogP contribution in [0.2, 0.25) is 0 Å². The SMILES string of the molecule is O=S(=O)(Cl)c1cn(CC2Cc3ccccc3S2)cn1. The number of benzene rings is 1. The van der Waals surface area contributed by atoms with E-state index in [1.165, 1.54) is 23.0 Å². The van der Waals surface area contributed by atoms with Crippen molar-refractivity contribution in [1.82, 2.24) is 9.55 Å². The molecule has 1 unspecified atom stereocenters. The van der Waals surface area contributed by atoms with Crippen LogP contribution in [0, 0.1) is 0 Å². The zero-order valence-electron chi connectivity index (χ0n) is 9.86. The first-order valence-corrected chi connectivity index (χ1v) is 8.92. The predicted molar refractivity (Wildman–Crippen MR) is 75.1 cm³/mol. The van der Waals surface area contributed by atoms with Gasteiger partial charge in [0.2, 0.25) is 0 Å². The van der Waals surface area contributed by atoms with Crippen LogP contribution in [0.15, 0.2) is 46.7 Å². The molecule has 0 amide bonds. The largest absolute Gasteiger partial charge is 0.335 e. The third-order valence-corrected chi connectivity index (χ3v) is 5.47. The first kappa shape index (κ1) is 13.0. The maximum absolute atomic E-state index is 11.1. The minimum Gasteiger partial charge on any atom is -0.335 e. The Morgan fingerprint density at radius 1 is 1.42 bits per heavy atom. The van der Waals surface area contributed by atoms with Crippen LogP contribution in [-0.4, -0.2) is 23.2 Å². The normalized spacial score (nSPS) is 18.5. The summed E-state index contributed by atoms with van der Waals surface area (Å²) in [7, 11) is 1.52. The topological polar surface area (TPSA) is 52.0 Å². The molecule has 0 radical (unpaired) electrons. The molecule has 0 saturated heterocycles. The van der Waals surface area contributed by atoms with Crippen molar-refractivity contribution in [2.75, 3.05) is 0 Å². The molecule has 0 bridgehead atoms. The van der Waals surface area contributed by atoms with Gasteiger partial charge in [0.15, 0.2) is 5.03 Å². The Morgan fingerprint density at radius 3 is 2.89 bits per heavy atom. The van der Waals surface area contributed by atoms with Crippen molar-refractivity contribution in [2.24, 2.45) is 0 Å². The van der Waals surface area contributed by atoms with Crippen molar-refractivity contribution >= 4 is 31.5 Å². The standard InChI is InChI=1S/C12H11ClN2O2S2/c13-19(16,17)12-7-15(8-14-12)6-10-5-9-3-1-2-4-11(9)18-10/h1-4,7-8,10H,5-6H2. The Bertz CT molecular complexity index is 687. The summed E-state index contributed by atoms with van der Waals surface area (Å²) in [5.41, 5.74) is 1.35. The lowest BCUT2D eigenvalue weighted by Crippen LogP contribution is -2.10. The average molecular weight is 315 g/mol. The summed E-state index contributed by atoms with van der Waals surface area (Å²) in [6.45, 7) is 0.721. The van der Waals surface area contributed by atoms with Crippen LogP contribution in [0.5, 0.6) is 0 Å². The van der Waals surface area contributed by atoms with Crippen molar-refractivity contribution in [3.05, 3.63) is 42.4 Å². The van der Waals surface area contributed by atoms with Gasteiger partial charge in [0.05, 0.1) is 6.33 Å². The molecule has 0 aliphatic carbocycles. The number of fused-ring (bicyclic) bond motifs is 1. The molecule has 0 fully saturated rings. The van der Waals surface area contributed by atoms with Crippen LogP contribution < -0.4 is 0 Å². The molecule has 2 aromatic rings. The van der Waals surface area contributed by atoms with Crippen molar-refractivity contribution in [3.63, 3.8) is 0 Å². The fourth-order valence-electron chi connectivity index (χ4n) is 2.16. The molecule has 1 atom stereocenters. The lowest BCUT2D eigenvalue weighted by molar-refractivity contribution is 0.606. The molecular formula is C12H11ClN2O2S2. The smallest absolute Gasteiger partial charge is 0.280 e. The van der Waals surface area contributed by atoms with E-state index in [0.717, 1.165) is 13.0 Å². The summed E-state index contributed by atoms with van der Waals surface area (Å²) < 4.78 is 24.1. The summed E-state index contributed by atoms with van der Waals surface area (Å²) in [6.07, 6.45) is 3.98. The van der Waals surface area contributed by atoms with E-state index in [1.807, 2.05) is 23.9 Å². The second kappa shape index (κ2) is 4.85. The van der Waals surface area contributed by atoms with E-state index in [-0.39, 0.29) is 5.03 Å². The molecule has 0 spiro atoms. The fourth-order valence-corrected chi connectivity index (χ4v) is 4.16. The number of aromatic nitrogens is 2. The molecule has 19 heavy (non-hydrogen) atoms. The quantitative estimate of drug-likeness (QED) is 0.817. The van der Waals surface area contributed by atoms with Crippen LogP contribution in [0.4, 0.5) is 0 Å². The first-order valence-electron chi connectivity index (χ1n) is 5.73. The van der Waals surface area contributed by atoms with E-state index in [0.29, 0.717) is 5.25 Å². The number of hydrogen-bond acceptors (Lipinski definition) is 4. The van der Waals surface area contributed by atoms with Crippen LogP contribution in [0.1, 0.15) is 5.56 Å². The average Bonchev–Trinajstić information content (AvgIpc) is 2.94. The Kier molecular flexibility index (Phi) is 3.32. The molecule has 3 rings (SSSR count). The van der Waals surface area contributed by atoms with Gasteiger partial charge in [0.1, 0.15) is 0 Å². The Labute approximate surface area is 120 Å². The van der Waals surface area contributed by atoms with Gasteiger partial charge in [-0.1, -0.05) is 18.2 Å². The van der Waals surface area contributed by atoms with E-state index in [9.17, 15) is 8.42 Å². The first-order chi connectivity index (χ1) is 9.02. The van der Waals surface area contributed by atoms with Gasteiger partial charge in [0, 0.05) is 33.6 Å². The molecule has 0 saturated carbocycles. The molecule has 7 heteroatoms. The lowest BCUT2D eigenvalue weighted by Gasteiger charge is -2.08. The van der Waals surface area contributed by atoms with Gasteiger partial charge in [-0.05, 0) is 18.1 Å². The molecule has 1 aliphatic heterocycles. The second-order valence-electron chi connectivity index (χ2n) is 4.40. The molecule has 1 aromatic heterocycles. The Hall–Kier alpha value is -0.980. The van der Waals surface area contributed by atoms with Crippen LogP contribution in [0.25, 0.3) is 0 Å². The van der Waals surface area contributed by atoms with E-state index >= 15 is 0 Å². The molecule has 100 valence electrons. The van der Waals surface area contributed by atoms with Crippen LogP contribution in [-0.2, 0) is 22.0 Å². The zero-order chi connectivity index (χ0) is 13.5. The zero-order valence-corrected chi connectivity index (χ0v) is 12.2. The van der Waals surface area contributed by atoms with Gasteiger partial charge < -0.3 is 4.57 Å². The number of imidazole rings is 1. The highest BCUT2D eigenvalue weighted by Gasteiger charge is 2.22.